The van der Waals surface area contributed by atoms with Gasteiger partial charge in [0.05, 0.1) is 6.42 Å². The van der Waals surface area contributed by atoms with Crippen molar-refractivity contribution in [3.8, 4) is 11.1 Å². The lowest BCUT2D eigenvalue weighted by Gasteiger charge is -2.29. The average molecular weight is 477 g/mol. The molecule has 1 heterocycles. The van der Waals surface area contributed by atoms with Crippen molar-refractivity contribution >= 4 is 18.0 Å². The van der Waals surface area contributed by atoms with Crippen LogP contribution >= 0.6 is 0 Å². The molecule has 0 spiro atoms. The lowest BCUT2D eigenvalue weighted by Crippen LogP contribution is -2.43. The Labute approximate surface area is 205 Å². The summed E-state index contributed by atoms with van der Waals surface area (Å²) in [6.07, 6.45) is 3.72. The Balaban J connectivity index is 1.16. The van der Waals surface area contributed by atoms with E-state index in [1.807, 2.05) is 24.3 Å². The molecule has 2 N–H and O–H groups in total. The number of nitrogens with zero attached hydrogens (tertiary/aromatic N) is 1. The van der Waals surface area contributed by atoms with Crippen molar-refractivity contribution < 1.29 is 24.2 Å². The van der Waals surface area contributed by atoms with Gasteiger partial charge in [-0.25, -0.2) is 4.79 Å². The van der Waals surface area contributed by atoms with Gasteiger partial charge in [-0.1, -0.05) is 55.0 Å². The first kappa shape index (κ1) is 23.4. The van der Waals surface area contributed by atoms with E-state index in [-0.39, 0.29) is 42.7 Å². The number of ether oxygens (including phenoxy) is 1. The highest BCUT2D eigenvalue weighted by Gasteiger charge is 2.40. The number of carboxylic acid groups (broad SMARTS) is 1. The van der Waals surface area contributed by atoms with Crippen LogP contribution in [0, 0.1) is 11.8 Å². The highest BCUT2D eigenvalue weighted by Crippen LogP contribution is 2.44. The molecule has 7 nitrogen and oxygen atoms in total. The number of hydrogen-bond acceptors (Lipinski definition) is 4. The third kappa shape index (κ3) is 4.77. The molecule has 1 aliphatic heterocycles. The van der Waals surface area contributed by atoms with Crippen LogP contribution in [0.5, 0.6) is 0 Å². The fourth-order valence-electron chi connectivity index (χ4n) is 6.22. The Morgan fingerprint density at radius 2 is 1.63 bits per heavy atom. The Bertz CT molecular complexity index is 1070. The molecule has 2 unspecified atom stereocenters. The van der Waals surface area contributed by atoms with Gasteiger partial charge in [0.15, 0.2) is 0 Å². The second-order valence-electron chi connectivity index (χ2n) is 9.93. The van der Waals surface area contributed by atoms with Crippen LogP contribution in [0.3, 0.4) is 0 Å². The van der Waals surface area contributed by atoms with Crippen molar-refractivity contribution in [1.29, 1.82) is 0 Å². The molecule has 0 aromatic heterocycles. The van der Waals surface area contributed by atoms with Crippen LogP contribution in [0.4, 0.5) is 4.79 Å². The molecule has 2 aliphatic carbocycles. The summed E-state index contributed by atoms with van der Waals surface area (Å²) >= 11 is 0. The number of rotatable bonds is 7. The molecule has 3 aliphatic rings. The summed E-state index contributed by atoms with van der Waals surface area (Å²) in [4.78, 5) is 38.8. The van der Waals surface area contributed by atoms with Crippen molar-refractivity contribution in [2.75, 3.05) is 19.7 Å². The summed E-state index contributed by atoms with van der Waals surface area (Å²) in [7, 11) is 0. The van der Waals surface area contributed by atoms with Crippen molar-refractivity contribution in [3.05, 3.63) is 59.7 Å². The smallest absolute Gasteiger partial charge is 0.407 e. The van der Waals surface area contributed by atoms with Crippen LogP contribution in [0.2, 0.25) is 0 Å². The van der Waals surface area contributed by atoms with E-state index in [0.29, 0.717) is 13.1 Å². The summed E-state index contributed by atoms with van der Waals surface area (Å²) < 4.78 is 5.65. The molecule has 2 aromatic carbocycles. The fourth-order valence-corrected chi connectivity index (χ4v) is 6.22. The zero-order chi connectivity index (χ0) is 24.4. The number of fused-ring (bicyclic) bond motifs is 3. The number of carboxylic acids is 1. The second-order valence-corrected chi connectivity index (χ2v) is 9.93. The third-order valence-corrected chi connectivity index (χ3v) is 7.90. The quantitative estimate of drug-likeness (QED) is 0.617. The van der Waals surface area contributed by atoms with Crippen LogP contribution in [0.1, 0.15) is 55.6 Å². The number of likely N-dealkylation sites (tertiary alicyclic amines) is 1. The molecular formula is C28H32N2O5. The lowest BCUT2D eigenvalue weighted by molar-refractivity contribution is -0.141. The second kappa shape index (κ2) is 10.1. The third-order valence-electron chi connectivity index (χ3n) is 7.90. The predicted octanol–water partition coefficient (Wildman–Crippen LogP) is 4.41. The standard InChI is InChI=1S/C28H32N2O5/c31-26(32)15-19-8-6-14-30(19)27(33)20-13-5-7-18(20)16-29-28(34)35-17-25-23-11-3-1-9-21(23)22-10-2-4-12-24(22)25/h1-4,9-12,18-20,25H,5-8,13-17H2,(H,29,34)(H,31,32)/t18?,19-,20?/m1/s1. The Kier molecular flexibility index (Phi) is 6.75. The van der Waals surface area contributed by atoms with E-state index >= 15 is 0 Å². The summed E-state index contributed by atoms with van der Waals surface area (Å²) in [6, 6.07) is 16.2. The summed E-state index contributed by atoms with van der Waals surface area (Å²) in [6.45, 7) is 1.28. The van der Waals surface area contributed by atoms with E-state index in [9.17, 15) is 19.5 Å². The maximum absolute atomic E-state index is 13.2. The minimum absolute atomic E-state index is 0.00112. The number of benzene rings is 2. The summed E-state index contributed by atoms with van der Waals surface area (Å²) in [5, 5.41) is 12.1. The Morgan fingerprint density at radius 3 is 2.31 bits per heavy atom. The number of alkyl carbamates (subject to hydrolysis) is 1. The molecule has 0 radical (unpaired) electrons. The SMILES string of the molecule is O=C(O)C[C@H]1CCCN1C(=O)C1CCCC1CNC(=O)OCC1c2ccccc2-c2ccccc21. The maximum Gasteiger partial charge on any atom is 0.407 e. The normalized spacial score (nSPS) is 23.1. The average Bonchev–Trinajstić information content (AvgIpc) is 3.58. The van der Waals surface area contributed by atoms with Crippen LogP contribution < -0.4 is 5.32 Å². The van der Waals surface area contributed by atoms with Crippen LogP contribution in [0.25, 0.3) is 11.1 Å². The first-order valence-corrected chi connectivity index (χ1v) is 12.6. The van der Waals surface area contributed by atoms with E-state index in [4.69, 9.17) is 4.74 Å². The van der Waals surface area contributed by atoms with E-state index in [1.165, 1.54) is 22.3 Å². The number of hydrogen-bond donors (Lipinski definition) is 2. The predicted molar refractivity (Wildman–Crippen MR) is 131 cm³/mol. The number of nitrogens with one attached hydrogen (secondary N) is 1. The molecular weight excluding hydrogens is 444 g/mol. The number of carbonyl (C=O) groups is 3. The minimum Gasteiger partial charge on any atom is -0.481 e. The van der Waals surface area contributed by atoms with Gasteiger partial charge in [0.25, 0.3) is 0 Å². The highest BCUT2D eigenvalue weighted by molar-refractivity contribution is 5.81. The van der Waals surface area contributed by atoms with Gasteiger partial charge in [-0.15, -0.1) is 0 Å². The van der Waals surface area contributed by atoms with E-state index < -0.39 is 12.1 Å². The number of aliphatic carboxylic acids is 1. The van der Waals surface area contributed by atoms with Crippen molar-refractivity contribution in [3.63, 3.8) is 0 Å². The topological polar surface area (TPSA) is 95.9 Å². The highest BCUT2D eigenvalue weighted by atomic mass is 16.5. The van der Waals surface area contributed by atoms with Gasteiger partial charge in [-0.2, -0.15) is 0 Å². The molecule has 7 heteroatoms. The molecule has 0 bridgehead atoms. The lowest BCUT2D eigenvalue weighted by atomic mass is 9.94. The van der Waals surface area contributed by atoms with Gasteiger partial charge in [-0.05, 0) is 53.9 Å². The maximum atomic E-state index is 13.2. The van der Waals surface area contributed by atoms with Gasteiger partial charge in [-0.3, -0.25) is 9.59 Å². The number of carbonyl (C=O) groups excluding carboxylic acids is 2. The molecule has 1 saturated carbocycles. The summed E-state index contributed by atoms with van der Waals surface area (Å²) in [5.74, 6) is -0.928. The van der Waals surface area contributed by atoms with Gasteiger partial charge in [0, 0.05) is 31.0 Å². The van der Waals surface area contributed by atoms with Crippen LogP contribution in [-0.2, 0) is 14.3 Å². The van der Waals surface area contributed by atoms with Crippen molar-refractivity contribution in [2.45, 2.75) is 50.5 Å². The monoisotopic (exact) mass is 476 g/mol. The van der Waals surface area contributed by atoms with Crippen molar-refractivity contribution in [2.24, 2.45) is 11.8 Å². The number of amides is 2. The largest absolute Gasteiger partial charge is 0.481 e. The molecule has 35 heavy (non-hydrogen) atoms. The van der Waals surface area contributed by atoms with E-state index in [0.717, 1.165) is 32.1 Å². The molecule has 3 atom stereocenters. The molecule has 5 rings (SSSR count). The summed E-state index contributed by atoms with van der Waals surface area (Å²) in [5.41, 5.74) is 4.72. The van der Waals surface area contributed by atoms with Gasteiger partial charge in [0.2, 0.25) is 5.91 Å². The molecule has 1 saturated heterocycles. The zero-order valence-corrected chi connectivity index (χ0v) is 19.8. The minimum atomic E-state index is -0.866. The van der Waals surface area contributed by atoms with E-state index in [2.05, 4.69) is 29.6 Å². The Morgan fingerprint density at radius 1 is 0.943 bits per heavy atom. The molecule has 184 valence electrons. The zero-order valence-electron chi connectivity index (χ0n) is 19.8. The molecule has 2 fully saturated rings. The Hall–Kier alpha value is -3.35. The van der Waals surface area contributed by atoms with Gasteiger partial charge >= 0.3 is 12.1 Å². The molecule has 2 aromatic rings. The first-order chi connectivity index (χ1) is 17.0. The van der Waals surface area contributed by atoms with Crippen LogP contribution in [-0.4, -0.2) is 53.7 Å². The fraction of sp³-hybridized carbons (Fsp3) is 0.464. The van der Waals surface area contributed by atoms with Gasteiger partial charge < -0.3 is 20.1 Å². The molecule has 2 amide bonds. The van der Waals surface area contributed by atoms with E-state index in [1.54, 1.807) is 4.90 Å². The van der Waals surface area contributed by atoms with Crippen molar-refractivity contribution in [1.82, 2.24) is 10.2 Å². The first-order valence-electron chi connectivity index (χ1n) is 12.6. The van der Waals surface area contributed by atoms with Crippen LogP contribution in [0.15, 0.2) is 48.5 Å². The van der Waals surface area contributed by atoms with Gasteiger partial charge in [0.1, 0.15) is 6.61 Å².